The number of hydrogen-bond donors (Lipinski definition) is 1. The zero-order valence-corrected chi connectivity index (χ0v) is 14.5. The molecule has 24 heavy (non-hydrogen) atoms. The van der Waals surface area contributed by atoms with Gasteiger partial charge in [-0.05, 0) is 50.4 Å². The van der Waals surface area contributed by atoms with Crippen molar-refractivity contribution in [3.63, 3.8) is 0 Å². The van der Waals surface area contributed by atoms with Gasteiger partial charge >= 0.3 is 0 Å². The number of carbonyl (C=O) groups excluding carboxylic acids is 1. The molecule has 1 heterocycles. The van der Waals surface area contributed by atoms with Gasteiger partial charge in [0.25, 0.3) is 0 Å². The number of carbonyl (C=O) groups is 1. The van der Waals surface area contributed by atoms with Gasteiger partial charge in [-0.2, -0.15) is 0 Å². The minimum atomic E-state index is -0.313. The van der Waals surface area contributed by atoms with Crippen LogP contribution in [0.1, 0.15) is 30.4 Å². The summed E-state index contributed by atoms with van der Waals surface area (Å²) in [6.45, 7) is 0.947. The second-order valence-corrected chi connectivity index (χ2v) is 7.52. The SMILES string of the molecule is COc1ccc2c(c1O)[C@]13CCN(C)[C@H](C2)[C@@H]1C[C@H](OC)C(=O)C3. The molecule has 1 aromatic rings. The van der Waals surface area contributed by atoms with Crippen molar-refractivity contribution in [3.05, 3.63) is 23.3 Å². The maximum atomic E-state index is 12.7. The van der Waals surface area contributed by atoms with Gasteiger partial charge in [0.1, 0.15) is 6.10 Å². The lowest BCUT2D eigenvalue weighted by molar-refractivity contribution is -0.141. The van der Waals surface area contributed by atoms with E-state index in [1.165, 1.54) is 0 Å². The van der Waals surface area contributed by atoms with Gasteiger partial charge in [0.15, 0.2) is 17.3 Å². The Balaban J connectivity index is 1.91. The van der Waals surface area contributed by atoms with E-state index in [9.17, 15) is 9.90 Å². The second kappa shape index (κ2) is 5.46. The molecule has 4 atom stereocenters. The first-order valence-electron chi connectivity index (χ1n) is 8.67. The quantitative estimate of drug-likeness (QED) is 0.897. The van der Waals surface area contributed by atoms with Gasteiger partial charge in [-0.3, -0.25) is 4.79 Å². The van der Waals surface area contributed by atoms with Crippen molar-refractivity contribution < 1.29 is 19.4 Å². The molecular formula is C19H25NO4. The Kier molecular flexibility index (Phi) is 3.62. The second-order valence-electron chi connectivity index (χ2n) is 7.52. The zero-order chi connectivity index (χ0) is 17.1. The standard InChI is InChI=1S/C19H25NO4/c1-20-7-6-19-10-14(21)16(24-3)9-12(19)13(20)8-11-4-5-15(23-2)18(22)17(11)19/h4-5,12-13,16,22H,6-10H2,1-3H3/t12-,13+,16-,19-/m0/s1. The molecule has 5 nitrogen and oxygen atoms in total. The van der Waals surface area contributed by atoms with E-state index in [0.29, 0.717) is 24.1 Å². The predicted octanol–water partition coefficient (Wildman–Crippen LogP) is 1.89. The number of hydrogen-bond acceptors (Lipinski definition) is 5. The number of nitrogens with zero attached hydrogens (tertiary/aromatic N) is 1. The van der Waals surface area contributed by atoms with E-state index in [1.807, 2.05) is 6.07 Å². The lowest BCUT2D eigenvalue weighted by Gasteiger charge is -2.58. The third-order valence-corrected chi connectivity index (χ3v) is 6.63. The highest BCUT2D eigenvalue weighted by Gasteiger charge is 2.58. The predicted molar refractivity (Wildman–Crippen MR) is 89.6 cm³/mol. The molecule has 0 aromatic heterocycles. The molecule has 0 radical (unpaired) electrons. The highest BCUT2D eigenvalue weighted by Crippen LogP contribution is 2.58. The maximum Gasteiger partial charge on any atom is 0.162 e. The summed E-state index contributed by atoms with van der Waals surface area (Å²) < 4.78 is 10.8. The summed E-state index contributed by atoms with van der Waals surface area (Å²) in [5.74, 6) is 1.21. The maximum absolute atomic E-state index is 12.7. The Morgan fingerprint density at radius 2 is 2.12 bits per heavy atom. The van der Waals surface area contributed by atoms with Gasteiger partial charge in [-0.15, -0.1) is 0 Å². The van der Waals surface area contributed by atoms with E-state index in [4.69, 9.17) is 9.47 Å². The lowest BCUT2D eigenvalue weighted by atomic mass is 9.51. The topological polar surface area (TPSA) is 59.0 Å². The summed E-state index contributed by atoms with van der Waals surface area (Å²) in [4.78, 5) is 15.1. The molecule has 0 spiro atoms. The number of benzene rings is 1. The van der Waals surface area contributed by atoms with Crippen LogP contribution in [0.5, 0.6) is 11.5 Å². The van der Waals surface area contributed by atoms with E-state index < -0.39 is 0 Å². The number of aromatic hydroxyl groups is 1. The number of piperidine rings is 1. The van der Waals surface area contributed by atoms with E-state index in [1.54, 1.807) is 14.2 Å². The molecule has 1 N–H and O–H groups in total. The van der Waals surface area contributed by atoms with Gasteiger partial charge in [0.2, 0.25) is 0 Å². The van der Waals surface area contributed by atoms with Crippen molar-refractivity contribution >= 4 is 5.78 Å². The normalized spacial score (nSPS) is 35.3. The molecule has 130 valence electrons. The largest absolute Gasteiger partial charge is 0.504 e. The molecule has 5 heteroatoms. The minimum Gasteiger partial charge on any atom is -0.504 e. The van der Waals surface area contributed by atoms with E-state index >= 15 is 0 Å². The van der Waals surface area contributed by atoms with Crippen LogP contribution in [-0.2, 0) is 21.4 Å². The average Bonchev–Trinajstić information content (AvgIpc) is 2.57. The first-order valence-corrected chi connectivity index (χ1v) is 8.67. The van der Waals surface area contributed by atoms with Gasteiger partial charge in [-0.1, -0.05) is 6.07 Å². The van der Waals surface area contributed by atoms with E-state index in [0.717, 1.165) is 36.9 Å². The van der Waals surface area contributed by atoms with Crippen molar-refractivity contribution in [3.8, 4) is 11.5 Å². The molecule has 0 unspecified atom stereocenters. The van der Waals surface area contributed by atoms with Crippen LogP contribution in [0.3, 0.4) is 0 Å². The molecule has 1 aromatic carbocycles. The smallest absolute Gasteiger partial charge is 0.162 e. The third-order valence-electron chi connectivity index (χ3n) is 6.63. The number of methoxy groups -OCH3 is 2. The fourth-order valence-corrected chi connectivity index (χ4v) is 5.45. The molecule has 2 fully saturated rings. The Bertz CT molecular complexity index is 688. The lowest BCUT2D eigenvalue weighted by Crippen LogP contribution is -2.63. The third kappa shape index (κ3) is 1.97. The molecule has 3 aliphatic rings. The van der Waals surface area contributed by atoms with Crippen molar-refractivity contribution in [2.45, 2.75) is 43.2 Å². The van der Waals surface area contributed by atoms with Gasteiger partial charge in [0.05, 0.1) is 7.11 Å². The molecule has 4 rings (SSSR count). The Morgan fingerprint density at radius 3 is 2.83 bits per heavy atom. The number of phenols is 1. The average molecular weight is 331 g/mol. The summed E-state index contributed by atoms with van der Waals surface area (Å²) in [5.41, 5.74) is 1.83. The van der Waals surface area contributed by atoms with Crippen molar-refractivity contribution in [1.82, 2.24) is 4.90 Å². The first kappa shape index (κ1) is 15.9. The fourth-order valence-electron chi connectivity index (χ4n) is 5.45. The molecule has 1 saturated heterocycles. The Hall–Kier alpha value is -1.59. The Labute approximate surface area is 142 Å². The molecule has 0 amide bonds. The highest BCUT2D eigenvalue weighted by molar-refractivity contribution is 5.86. The van der Waals surface area contributed by atoms with Gasteiger partial charge in [0, 0.05) is 30.6 Å². The van der Waals surface area contributed by atoms with Crippen LogP contribution in [0.2, 0.25) is 0 Å². The van der Waals surface area contributed by atoms with Crippen LogP contribution >= 0.6 is 0 Å². The highest BCUT2D eigenvalue weighted by atomic mass is 16.5. The first-order chi connectivity index (χ1) is 11.5. The summed E-state index contributed by atoms with van der Waals surface area (Å²) in [7, 11) is 5.36. The Morgan fingerprint density at radius 1 is 1.33 bits per heavy atom. The number of likely N-dealkylation sites (tertiary alicyclic amines) is 1. The molecule has 1 aliphatic heterocycles. The molecular weight excluding hydrogens is 306 g/mol. The van der Waals surface area contributed by atoms with Crippen LogP contribution in [-0.4, -0.2) is 55.7 Å². The minimum absolute atomic E-state index is 0.159. The molecule has 1 saturated carbocycles. The summed E-state index contributed by atoms with van der Waals surface area (Å²) >= 11 is 0. The monoisotopic (exact) mass is 331 g/mol. The molecule has 2 bridgehead atoms. The van der Waals surface area contributed by atoms with Gasteiger partial charge < -0.3 is 19.5 Å². The van der Waals surface area contributed by atoms with Crippen LogP contribution in [0, 0.1) is 5.92 Å². The van der Waals surface area contributed by atoms with Crippen molar-refractivity contribution in [1.29, 1.82) is 0 Å². The van der Waals surface area contributed by atoms with Gasteiger partial charge in [-0.25, -0.2) is 0 Å². The number of rotatable bonds is 2. The number of phenolic OH excluding ortho intramolecular Hbond substituents is 1. The number of likely N-dealkylation sites (N-methyl/N-ethyl adjacent to an activating group) is 1. The molecule has 2 aliphatic carbocycles. The van der Waals surface area contributed by atoms with Crippen molar-refractivity contribution in [2.75, 3.05) is 27.8 Å². The van der Waals surface area contributed by atoms with Crippen LogP contribution in [0.15, 0.2) is 12.1 Å². The van der Waals surface area contributed by atoms with Crippen LogP contribution in [0.25, 0.3) is 0 Å². The van der Waals surface area contributed by atoms with E-state index in [2.05, 4.69) is 18.0 Å². The number of ketones is 1. The number of fused-ring (bicyclic) bond motifs is 1. The van der Waals surface area contributed by atoms with Crippen LogP contribution in [0.4, 0.5) is 0 Å². The van der Waals surface area contributed by atoms with Crippen LogP contribution < -0.4 is 4.74 Å². The summed E-state index contributed by atoms with van der Waals surface area (Å²) in [5, 5.41) is 10.9. The van der Waals surface area contributed by atoms with E-state index in [-0.39, 0.29) is 23.1 Å². The summed E-state index contributed by atoms with van der Waals surface area (Å²) in [6.07, 6.45) is 2.67. The summed E-state index contributed by atoms with van der Waals surface area (Å²) in [6, 6.07) is 4.29. The number of ether oxygens (including phenoxy) is 2. The zero-order valence-electron chi connectivity index (χ0n) is 14.5. The fraction of sp³-hybridized carbons (Fsp3) is 0.632. The number of Topliss-reactive ketones (excluding diaryl/α,β-unsaturated/α-hetero) is 1. The van der Waals surface area contributed by atoms with Crippen molar-refractivity contribution in [2.24, 2.45) is 5.92 Å².